The van der Waals surface area contributed by atoms with Crippen LogP contribution in [0.4, 0.5) is 0 Å². The van der Waals surface area contributed by atoms with Crippen LogP contribution in [0.3, 0.4) is 0 Å². The fourth-order valence-corrected chi connectivity index (χ4v) is 1.64. The molecule has 0 spiro atoms. The first-order chi connectivity index (χ1) is 7.52. The van der Waals surface area contributed by atoms with Gasteiger partial charge in [0.15, 0.2) is 0 Å². The second-order valence-electron chi connectivity index (χ2n) is 3.86. The molecule has 0 bridgehead atoms. The lowest BCUT2D eigenvalue weighted by Gasteiger charge is -2.24. The Morgan fingerprint density at radius 3 is 2.56 bits per heavy atom. The largest absolute Gasteiger partial charge is 0.480 e. The molecule has 16 heavy (non-hydrogen) atoms. The quantitative estimate of drug-likeness (QED) is 0.765. The summed E-state index contributed by atoms with van der Waals surface area (Å²) in [6.45, 7) is 5.99. The van der Waals surface area contributed by atoms with E-state index in [0.29, 0.717) is 12.1 Å². The number of carboxylic acids is 1. The summed E-state index contributed by atoms with van der Waals surface area (Å²) >= 11 is 0. The van der Waals surface area contributed by atoms with Gasteiger partial charge in [-0.3, -0.25) is 14.7 Å². The van der Waals surface area contributed by atoms with Crippen LogP contribution in [0.5, 0.6) is 0 Å². The van der Waals surface area contributed by atoms with E-state index in [4.69, 9.17) is 5.11 Å². The fraction of sp³-hybridized carbons (Fsp3) is 0.333. The molecule has 1 atom stereocenters. The zero-order valence-corrected chi connectivity index (χ0v) is 9.55. The molecule has 0 saturated carbocycles. The summed E-state index contributed by atoms with van der Waals surface area (Å²) in [6.07, 6.45) is 3.39. The van der Waals surface area contributed by atoms with Gasteiger partial charge in [0.25, 0.3) is 0 Å². The third-order valence-electron chi connectivity index (χ3n) is 2.32. The third kappa shape index (κ3) is 3.17. The summed E-state index contributed by atoms with van der Waals surface area (Å²) in [4.78, 5) is 16.7. The lowest BCUT2D eigenvalue weighted by Crippen LogP contribution is -2.38. The molecule has 0 amide bonds. The minimum atomic E-state index is -0.871. The number of hydrogen-bond acceptors (Lipinski definition) is 3. The number of aliphatic carboxylic acids is 1. The Morgan fingerprint density at radius 2 is 2.12 bits per heavy atom. The maximum Gasteiger partial charge on any atom is 0.325 e. The van der Waals surface area contributed by atoms with Crippen LogP contribution in [0.1, 0.15) is 12.5 Å². The number of nitrogens with zero attached hydrogens (tertiary/aromatic N) is 2. The minimum Gasteiger partial charge on any atom is -0.480 e. The molecular formula is C12H16N2O2. The van der Waals surface area contributed by atoms with Crippen LogP contribution >= 0.6 is 0 Å². The second kappa shape index (κ2) is 5.42. The van der Waals surface area contributed by atoms with Crippen molar-refractivity contribution in [2.75, 3.05) is 7.05 Å². The highest BCUT2D eigenvalue weighted by atomic mass is 16.4. The summed E-state index contributed by atoms with van der Waals surface area (Å²) in [5.74, 6) is -0.871. The Kier molecular flexibility index (Phi) is 4.19. The van der Waals surface area contributed by atoms with Crippen molar-refractivity contribution in [3.63, 3.8) is 0 Å². The summed E-state index contributed by atoms with van der Waals surface area (Å²) in [7, 11) is 1.77. The molecule has 0 fully saturated rings. The highest BCUT2D eigenvalue weighted by molar-refractivity contribution is 5.77. The SMILES string of the molecule is C=C(C)[C@@H](C(=O)O)N(C)Cc1ccncc1. The Hall–Kier alpha value is -1.68. The normalized spacial score (nSPS) is 12.4. The van der Waals surface area contributed by atoms with Crippen LogP contribution in [0.15, 0.2) is 36.7 Å². The van der Waals surface area contributed by atoms with Gasteiger partial charge in [0.05, 0.1) is 0 Å². The number of hydrogen-bond donors (Lipinski definition) is 1. The highest BCUT2D eigenvalue weighted by Crippen LogP contribution is 2.11. The van der Waals surface area contributed by atoms with Gasteiger partial charge >= 0.3 is 5.97 Å². The van der Waals surface area contributed by atoms with Crippen molar-refractivity contribution in [2.24, 2.45) is 0 Å². The molecule has 1 N–H and O–H groups in total. The maximum absolute atomic E-state index is 11.1. The summed E-state index contributed by atoms with van der Waals surface area (Å²) in [6, 6.07) is 3.09. The van der Waals surface area contributed by atoms with E-state index in [-0.39, 0.29) is 0 Å². The van der Waals surface area contributed by atoms with Crippen LogP contribution in [0.25, 0.3) is 0 Å². The number of rotatable bonds is 5. The highest BCUT2D eigenvalue weighted by Gasteiger charge is 2.22. The van der Waals surface area contributed by atoms with E-state index in [1.807, 2.05) is 12.1 Å². The van der Waals surface area contributed by atoms with Crippen LogP contribution in [-0.2, 0) is 11.3 Å². The molecule has 86 valence electrons. The predicted octanol–water partition coefficient (Wildman–Crippen LogP) is 1.54. The van der Waals surface area contributed by atoms with Gasteiger partial charge < -0.3 is 5.11 Å². The van der Waals surface area contributed by atoms with Gasteiger partial charge in [0.1, 0.15) is 6.04 Å². The number of carboxylic acid groups (broad SMARTS) is 1. The van der Waals surface area contributed by atoms with Crippen LogP contribution < -0.4 is 0 Å². The number of likely N-dealkylation sites (N-methyl/N-ethyl adjacent to an activating group) is 1. The van der Waals surface area contributed by atoms with Gasteiger partial charge in [-0.15, -0.1) is 0 Å². The van der Waals surface area contributed by atoms with E-state index < -0.39 is 12.0 Å². The van der Waals surface area contributed by atoms with Crippen molar-refractivity contribution < 1.29 is 9.90 Å². The van der Waals surface area contributed by atoms with E-state index in [1.54, 1.807) is 31.3 Å². The standard InChI is InChI=1S/C12H16N2O2/c1-9(2)11(12(15)16)14(3)8-10-4-6-13-7-5-10/h4-7,11H,1,8H2,2-3H3,(H,15,16)/t11-/m0/s1. The Balaban J connectivity index is 2.74. The van der Waals surface area contributed by atoms with E-state index in [0.717, 1.165) is 5.56 Å². The molecular weight excluding hydrogens is 204 g/mol. The lowest BCUT2D eigenvalue weighted by molar-refractivity contribution is -0.141. The van der Waals surface area contributed by atoms with Gasteiger partial charge in [0.2, 0.25) is 0 Å². The first-order valence-electron chi connectivity index (χ1n) is 4.99. The molecule has 0 saturated heterocycles. The first-order valence-corrected chi connectivity index (χ1v) is 4.99. The van der Waals surface area contributed by atoms with Gasteiger partial charge in [-0.05, 0) is 31.7 Å². The predicted molar refractivity (Wildman–Crippen MR) is 61.9 cm³/mol. The molecule has 1 rings (SSSR count). The summed E-state index contributed by atoms with van der Waals surface area (Å²) in [5, 5.41) is 9.08. The first kappa shape index (κ1) is 12.4. The minimum absolute atomic E-state index is 0.562. The molecule has 1 heterocycles. The number of carbonyl (C=O) groups is 1. The molecule has 0 aliphatic carbocycles. The van der Waals surface area contributed by atoms with Gasteiger partial charge in [-0.1, -0.05) is 12.2 Å². The van der Waals surface area contributed by atoms with Crippen LogP contribution in [0.2, 0.25) is 0 Å². The maximum atomic E-state index is 11.1. The number of aromatic nitrogens is 1. The molecule has 0 aliphatic rings. The van der Waals surface area contributed by atoms with E-state index in [9.17, 15) is 4.79 Å². The molecule has 1 aromatic rings. The van der Waals surface area contributed by atoms with Gasteiger partial charge in [0, 0.05) is 18.9 Å². The third-order valence-corrected chi connectivity index (χ3v) is 2.32. The number of pyridine rings is 1. The lowest BCUT2D eigenvalue weighted by atomic mass is 10.1. The molecule has 0 unspecified atom stereocenters. The fourth-order valence-electron chi connectivity index (χ4n) is 1.64. The van der Waals surface area contributed by atoms with Gasteiger partial charge in [-0.2, -0.15) is 0 Å². The Morgan fingerprint density at radius 1 is 1.56 bits per heavy atom. The zero-order valence-electron chi connectivity index (χ0n) is 9.55. The Bertz CT molecular complexity index is 362. The van der Waals surface area contributed by atoms with Crippen molar-refractivity contribution in [1.82, 2.24) is 9.88 Å². The zero-order chi connectivity index (χ0) is 12.1. The van der Waals surface area contributed by atoms with Crippen LogP contribution in [-0.4, -0.2) is 34.0 Å². The molecule has 4 nitrogen and oxygen atoms in total. The molecule has 1 aromatic heterocycles. The summed E-state index contributed by atoms with van der Waals surface area (Å²) in [5.41, 5.74) is 1.66. The Labute approximate surface area is 95.2 Å². The van der Waals surface area contributed by atoms with Crippen LogP contribution in [0, 0.1) is 0 Å². The van der Waals surface area contributed by atoms with Crippen molar-refractivity contribution in [3.05, 3.63) is 42.2 Å². The van der Waals surface area contributed by atoms with Crippen molar-refractivity contribution in [3.8, 4) is 0 Å². The molecule has 0 aliphatic heterocycles. The van der Waals surface area contributed by atoms with E-state index in [2.05, 4.69) is 11.6 Å². The molecule has 0 radical (unpaired) electrons. The van der Waals surface area contributed by atoms with Gasteiger partial charge in [-0.25, -0.2) is 0 Å². The average molecular weight is 220 g/mol. The van der Waals surface area contributed by atoms with Crippen molar-refractivity contribution >= 4 is 5.97 Å². The smallest absolute Gasteiger partial charge is 0.325 e. The average Bonchev–Trinajstić information content (AvgIpc) is 2.17. The summed E-state index contributed by atoms with van der Waals surface area (Å²) < 4.78 is 0. The second-order valence-corrected chi connectivity index (χ2v) is 3.86. The topological polar surface area (TPSA) is 53.4 Å². The van der Waals surface area contributed by atoms with E-state index >= 15 is 0 Å². The van der Waals surface area contributed by atoms with Crippen molar-refractivity contribution in [2.45, 2.75) is 19.5 Å². The van der Waals surface area contributed by atoms with Crippen molar-refractivity contribution in [1.29, 1.82) is 0 Å². The van der Waals surface area contributed by atoms with E-state index in [1.165, 1.54) is 0 Å². The monoisotopic (exact) mass is 220 g/mol. The molecule has 4 heteroatoms. The molecule has 0 aromatic carbocycles.